The van der Waals surface area contributed by atoms with E-state index < -0.39 is 10.0 Å². The summed E-state index contributed by atoms with van der Waals surface area (Å²) in [6.07, 6.45) is 0. The summed E-state index contributed by atoms with van der Waals surface area (Å²) >= 11 is 5.43. The molecule has 0 bridgehead atoms. The van der Waals surface area contributed by atoms with E-state index in [0.717, 1.165) is 0 Å². The van der Waals surface area contributed by atoms with E-state index in [1.165, 1.54) is 0 Å². The largest absolute Gasteiger partial charge is 0.215 e. The molecule has 2 atom stereocenters. The molecule has 1 aliphatic rings. The Morgan fingerprint density at radius 2 is 1.77 bits per heavy atom. The number of nitrogens with zero attached hydrogens (tertiary/aromatic N) is 1. The van der Waals surface area contributed by atoms with Gasteiger partial charge in [-0.05, 0) is 11.8 Å². The predicted molar refractivity (Wildman–Crippen MR) is 54.4 cm³/mol. The molecule has 1 saturated heterocycles. The summed E-state index contributed by atoms with van der Waals surface area (Å²) in [6, 6.07) is 0. The molecule has 1 fully saturated rings. The molecule has 3 nitrogen and oxygen atoms in total. The Hall–Kier alpha value is 0.200. The van der Waals surface area contributed by atoms with Crippen molar-refractivity contribution >= 4 is 21.6 Å². The molecule has 1 heterocycles. The molecule has 78 valence electrons. The SMILES string of the molecule is CC1CN(S(=O)(=O)CCCl)CC1C. The first-order valence-corrected chi connectivity index (χ1v) is 6.65. The Labute approximate surface area is 85.1 Å². The number of alkyl halides is 1. The number of sulfonamides is 1. The first-order valence-electron chi connectivity index (χ1n) is 4.51. The lowest BCUT2D eigenvalue weighted by atomic mass is 10.0. The highest BCUT2D eigenvalue weighted by molar-refractivity contribution is 7.89. The van der Waals surface area contributed by atoms with Crippen LogP contribution in [0.2, 0.25) is 0 Å². The number of halogens is 1. The summed E-state index contributed by atoms with van der Waals surface area (Å²) in [5.74, 6) is 1.17. The monoisotopic (exact) mass is 225 g/mol. The standard InChI is InChI=1S/C8H16ClNO2S/c1-7-5-10(6-8(7)2)13(11,12)4-3-9/h7-8H,3-6H2,1-2H3. The molecule has 0 N–H and O–H groups in total. The van der Waals surface area contributed by atoms with Gasteiger partial charge in [-0.1, -0.05) is 13.8 Å². The van der Waals surface area contributed by atoms with E-state index >= 15 is 0 Å². The van der Waals surface area contributed by atoms with Crippen molar-refractivity contribution in [3.8, 4) is 0 Å². The van der Waals surface area contributed by atoms with Gasteiger partial charge in [0, 0.05) is 19.0 Å². The smallest absolute Gasteiger partial charge is 0.212 e. The lowest BCUT2D eigenvalue weighted by molar-refractivity contribution is 0.464. The van der Waals surface area contributed by atoms with Crippen molar-refractivity contribution in [1.29, 1.82) is 0 Å². The molecule has 0 aromatic carbocycles. The molecule has 0 saturated carbocycles. The van der Waals surface area contributed by atoms with Gasteiger partial charge in [0.25, 0.3) is 0 Å². The predicted octanol–water partition coefficient (Wildman–Crippen LogP) is 1.14. The number of hydrogen-bond donors (Lipinski definition) is 0. The zero-order valence-corrected chi connectivity index (χ0v) is 9.61. The van der Waals surface area contributed by atoms with Crippen LogP contribution < -0.4 is 0 Å². The second kappa shape index (κ2) is 4.15. The summed E-state index contributed by atoms with van der Waals surface area (Å²) in [4.78, 5) is 0. The van der Waals surface area contributed by atoms with Gasteiger partial charge in [-0.25, -0.2) is 12.7 Å². The van der Waals surface area contributed by atoms with Crippen LogP contribution >= 0.6 is 11.6 Å². The third kappa shape index (κ3) is 2.58. The third-order valence-corrected chi connectivity index (χ3v) is 4.90. The van der Waals surface area contributed by atoms with E-state index in [9.17, 15) is 8.42 Å². The molecule has 1 aliphatic heterocycles. The minimum absolute atomic E-state index is 0.0635. The van der Waals surface area contributed by atoms with Crippen LogP contribution in [0.4, 0.5) is 0 Å². The maximum Gasteiger partial charge on any atom is 0.215 e. The Balaban J connectivity index is 2.65. The summed E-state index contributed by atoms with van der Waals surface area (Å²) in [6.45, 7) is 5.47. The average Bonchev–Trinajstić information content (AvgIpc) is 2.33. The van der Waals surface area contributed by atoms with Crippen molar-refractivity contribution in [3.63, 3.8) is 0 Å². The molecule has 0 radical (unpaired) electrons. The first kappa shape index (κ1) is 11.3. The molecular formula is C8H16ClNO2S. The highest BCUT2D eigenvalue weighted by Gasteiger charge is 2.33. The average molecular weight is 226 g/mol. The number of rotatable bonds is 3. The zero-order valence-electron chi connectivity index (χ0n) is 8.03. The van der Waals surface area contributed by atoms with Crippen LogP contribution in [0.1, 0.15) is 13.8 Å². The van der Waals surface area contributed by atoms with Gasteiger partial charge in [0.1, 0.15) is 0 Å². The Kier molecular flexibility index (Phi) is 3.60. The quantitative estimate of drug-likeness (QED) is 0.676. The lowest BCUT2D eigenvalue weighted by Gasteiger charge is -2.14. The van der Waals surface area contributed by atoms with Crippen molar-refractivity contribution in [2.75, 3.05) is 24.7 Å². The molecule has 0 aliphatic carbocycles. The van der Waals surface area contributed by atoms with Gasteiger partial charge in [0.05, 0.1) is 5.75 Å². The van der Waals surface area contributed by atoms with Crippen LogP contribution in [0.15, 0.2) is 0 Å². The van der Waals surface area contributed by atoms with Crippen molar-refractivity contribution in [3.05, 3.63) is 0 Å². The van der Waals surface area contributed by atoms with Crippen molar-refractivity contribution in [2.24, 2.45) is 11.8 Å². The van der Waals surface area contributed by atoms with E-state index in [0.29, 0.717) is 24.9 Å². The highest BCUT2D eigenvalue weighted by atomic mass is 35.5. The lowest BCUT2D eigenvalue weighted by Crippen LogP contribution is -2.31. The van der Waals surface area contributed by atoms with E-state index in [1.807, 2.05) is 0 Å². The fraction of sp³-hybridized carbons (Fsp3) is 1.00. The number of hydrogen-bond acceptors (Lipinski definition) is 2. The minimum Gasteiger partial charge on any atom is -0.212 e. The summed E-state index contributed by atoms with van der Waals surface area (Å²) in [5, 5.41) is 0. The van der Waals surface area contributed by atoms with Crippen molar-refractivity contribution in [2.45, 2.75) is 13.8 Å². The normalized spacial score (nSPS) is 31.0. The second-order valence-corrected chi connectivity index (χ2v) is 6.24. The zero-order chi connectivity index (χ0) is 10.1. The molecule has 2 unspecified atom stereocenters. The van der Waals surface area contributed by atoms with Crippen molar-refractivity contribution in [1.82, 2.24) is 4.31 Å². The van der Waals surface area contributed by atoms with E-state index in [4.69, 9.17) is 11.6 Å². The molecular weight excluding hydrogens is 210 g/mol. The Morgan fingerprint density at radius 1 is 1.31 bits per heavy atom. The maximum atomic E-state index is 11.6. The van der Waals surface area contributed by atoms with Gasteiger partial charge in [-0.15, -0.1) is 11.6 Å². The molecule has 0 amide bonds. The van der Waals surface area contributed by atoms with E-state index in [-0.39, 0.29) is 11.6 Å². The Morgan fingerprint density at radius 3 is 2.15 bits per heavy atom. The van der Waals surface area contributed by atoms with Gasteiger partial charge in [0.2, 0.25) is 10.0 Å². The summed E-state index contributed by atoms with van der Waals surface area (Å²) in [7, 11) is -3.07. The maximum absolute atomic E-state index is 11.6. The summed E-state index contributed by atoms with van der Waals surface area (Å²) < 4.78 is 24.7. The van der Waals surface area contributed by atoms with Gasteiger partial charge in [0.15, 0.2) is 0 Å². The topological polar surface area (TPSA) is 37.4 Å². The molecule has 13 heavy (non-hydrogen) atoms. The first-order chi connectivity index (χ1) is 5.97. The van der Waals surface area contributed by atoms with Crippen LogP contribution in [-0.4, -0.2) is 37.4 Å². The molecule has 1 rings (SSSR count). The van der Waals surface area contributed by atoms with E-state index in [1.54, 1.807) is 4.31 Å². The fourth-order valence-corrected chi connectivity index (χ4v) is 3.49. The molecule has 0 spiro atoms. The Bertz CT molecular complexity index is 255. The van der Waals surface area contributed by atoms with E-state index in [2.05, 4.69) is 13.8 Å². The fourth-order valence-electron chi connectivity index (χ4n) is 1.53. The van der Waals surface area contributed by atoms with Gasteiger partial charge in [-0.3, -0.25) is 0 Å². The van der Waals surface area contributed by atoms with Crippen LogP contribution in [0.3, 0.4) is 0 Å². The van der Waals surface area contributed by atoms with Crippen LogP contribution in [0.25, 0.3) is 0 Å². The van der Waals surface area contributed by atoms with Crippen LogP contribution in [-0.2, 0) is 10.0 Å². The molecule has 0 aromatic heterocycles. The van der Waals surface area contributed by atoms with Crippen LogP contribution in [0.5, 0.6) is 0 Å². The molecule has 5 heteroatoms. The minimum atomic E-state index is -3.07. The highest BCUT2D eigenvalue weighted by Crippen LogP contribution is 2.24. The third-order valence-electron chi connectivity index (χ3n) is 2.68. The van der Waals surface area contributed by atoms with Gasteiger partial charge >= 0.3 is 0 Å². The summed E-state index contributed by atoms with van der Waals surface area (Å²) in [5.41, 5.74) is 0. The van der Waals surface area contributed by atoms with Gasteiger partial charge in [-0.2, -0.15) is 0 Å². The second-order valence-electron chi connectivity index (χ2n) is 3.78. The van der Waals surface area contributed by atoms with Crippen LogP contribution in [0, 0.1) is 11.8 Å². The molecule has 0 aromatic rings. The van der Waals surface area contributed by atoms with Crippen molar-refractivity contribution < 1.29 is 8.42 Å². The van der Waals surface area contributed by atoms with Gasteiger partial charge < -0.3 is 0 Å².